The highest BCUT2D eigenvalue weighted by molar-refractivity contribution is 7.15. The van der Waals surface area contributed by atoms with E-state index in [4.69, 9.17) is 11.6 Å². The molecule has 144 valence electrons. The third-order valence-corrected chi connectivity index (χ3v) is 5.33. The van der Waals surface area contributed by atoms with Gasteiger partial charge in [-0.1, -0.05) is 53.3 Å². The number of ether oxygens (including phenoxy) is 1. The molecule has 0 saturated carbocycles. The monoisotopic (exact) mass is 423 g/mol. The Morgan fingerprint density at radius 2 is 1.76 bits per heavy atom. The third kappa shape index (κ3) is 4.11. The molecular weight excluding hydrogens is 410 g/mol. The SMILES string of the molecule is COC(=O)c1ccc(/C=c2/sc3nc(/C=C/c4ccc(Cl)cc4)nn3c2=O)cc1. The van der Waals surface area contributed by atoms with Crippen molar-refractivity contribution < 1.29 is 9.53 Å². The van der Waals surface area contributed by atoms with Gasteiger partial charge in [0.05, 0.1) is 17.2 Å². The Kier molecular flexibility index (Phi) is 5.24. The molecule has 0 N–H and O–H groups in total. The van der Waals surface area contributed by atoms with Gasteiger partial charge in [0.15, 0.2) is 5.82 Å². The van der Waals surface area contributed by atoms with E-state index in [-0.39, 0.29) is 5.56 Å². The van der Waals surface area contributed by atoms with Crippen molar-refractivity contribution in [3.05, 3.63) is 91.0 Å². The Balaban J connectivity index is 1.61. The highest BCUT2D eigenvalue weighted by atomic mass is 35.5. The van der Waals surface area contributed by atoms with Gasteiger partial charge in [-0.15, -0.1) is 5.10 Å². The van der Waals surface area contributed by atoms with Crippen LogP contribution in [0.2, 0.25) is 5.02 Å². The molecule has 0 bridgehead atoms. The number of carbonyl (C=O) groups is 1. The number of hydrogen-bond acceptors (Lipinski definition) is 6. The Morgan fingerprint density at radius 3 is 2.41 bits per heavy atom. The second-order valence-corrected chi connectivity index (χ2v) is 7.52. The van der Waals surface area contributed by atoms with Crippen LogP contribution < -0.4 is 10.1 Å². The lowest BCUT2D eigenvalue weighted by Crippen LogP contribution is -2.23. The summed E-state index contributed by atoms with van der Waals surface area (Å²) in [4.78, 5) is 29.0. The summed E-state index contributed by atoms with van der Waals surface area (Å²) in [6.45, 7) is 0. The van der Waals surface area contributed by atoms with Crippen LogP contribution >= 0.6 is 22.9 Å². The van der Waals surface area contributed by atoms with Crippen LogP contribution in [0.4, 0.5) is 0 Å². The van der Waals surface area contributed by atoms with Crippen LogP contribution in [0.25, 0.3) is 23.2 Å². The number of hydrogen-bond donors (Lipinski definition) is 0. The molecule has 6 nitrogen and oxygen atoms in total. The van der Waals surface area contributed by atoms with E-state index in [0.29, 0.717) is 25.9 Å². The molecular formula is C21H14ClN3O3S. The van der Waals surface area contributed by atoms with Crippen LogP contribution in [0, 0.1) is 0 Å². The van der Waals surface area contributed by atoms with Gasteiger partial charge in [0.2, 0.25) is 4.96 Å². The van der Waals surface area contributed by atoms with Crippen LogP contribution in [0.1, 0.15) is 27.3 Å². The molecule has 0 unspecified atom stereocenters. The number of aromatic nitrogens is 3. The first-order valence-electron chi connectivity index (χ1n) is 8.57. The number of fused-ring (bicyclic) bond motifs is 1. The van der Waals surface area contributed by atoms with Crippen molar-refractivity contribution >= 4 is 52.1 Å². The summed E-state index contributed by atoms with van der Waals surface area (Å²) in [5.41, 5.74) is 1.97. The smallest absolute Gasteiger partial charge is 0.337 e. The number of nitrogens with zero attached hydrogens (tertiary/aromatic N) is 3. The number of halogens is 1. The molecule has 0 aliphatic carbocycles. The van der Waals surface area contributed by atoms with Crippen molar-refractivity contribution in [2.45, 2.75) is 0 Å². The van der Waals surface area contributed by atoms with E-state index in [1.54, 1.807) is 48.6 Å². The molecule has 2 aromatic carbocycles. The van der Waals surface area contributed by atoms with Gasteiger partial charge in [0.1, 0.15) is 0 Å². The van der Waals surface area contributed by atoms with Gasteiger partial charge in [-0.05, 0) is 47.5 Å². The second kappa shape index (κ2) is 7.98. The Morgan fingerprint density at radius 1 is 1.07 bits per heavy atom. The van der Waals surface area contributed by atoms with Crippen molar-refractivity contribution in [3.63, 3.8) is 0 Å². The molecule has 4 aromatic rings. The van der Waals surface area contributed by atoms with Gasteiger partial charge in [0, 0.05) is 5.02 Å². The fraction of sp³-hybridized carbons (Fsp3) is 0.0476. The standard InChI is InChI=1S/C21H14ClN3O3S/c1-28-20(27)15-7-2-14(3-8-15)12-17-19(26)25-21(29-17)23-18(24-25)11-6-13-4-9-16(22)10-5-13/h2-12H,1H3/b11-6+,17-12+. The molecule has 2 heterocycles. The van der Waals surface area contributed by atoms with Gasteiger partial charge < -0.3 is 4.74 Å². The minimum atomic E-state index is -0.404. The lowest BCUT2D eigenvalue weighted by atomic mass is 10.1. The zero-order chi connectivity index (χ0) is 20.4. The molecule has 2 aromatic heterocycles. The summed E-state index contributed by atoms with van der Waals surface area (Å²) in [7, 11) is 1.33. The molecule has 0 aliphatic heterocycles. The summed E-state index contributed by atoms with van der Waals surface area (Å²) in [5, 5.41) is 4.93. The summed E-state index contributed by atoms with van der Waals surface area (Å²) in [6, 6.07) is 14.2. The average Bonchev–Trinajstić information content (AvgIpc) is 3.26. The topological polar surface area (TPSA) is 73.6 Å². The summed E-state index contributed by atoms with van der Waals surface area (Å²) in [6.07, 6.45) is 5.35. The molecule has 0 spiro atoms. The molecule has 0 saturated heterocycles. The van der Waals surface area contributed by atoms with Gasteiger partial charge in [-0.3, -0.25) is 4.79 Å². The molecule has 0 atom stereocenters. The van der Waals surface area contributed by atoms with Crippen LogP contribution in [0.15, 0.2) is 53.3 Å². The number of carbonyl (C=O) groups excluding carboxylic acids is 1. The lowest BCUT2D eigenvalue weighted by molar-refractivity contribution is 0.0600. The normalized spacial score (nSPS) is 12.1. The van der Waals surface area contributed by atoms with Gasteiger partial charge >= 0.3 is 5.97 Å². The first kappa shape index (κ1) is 19.0. The van der Waals surface area contributed by atoms with Crippen LogP contribution in [-0.4, -0.2) is 27.7 Å². The van der Waals surface area contributed by atoms with E-state index in [1.165, 1.54) is 23.0 Å². The molecule has 0 fully saturated rings. The zero-order valence-electron chi connectivity index (χ0n) is 15.2. The van der Waals surface area contributed by atoms with Crippen LogP contribution in [0.5, 0.6) is 0 Å². The highest BCUT2D eigenvalue weighted by Gasteiger charge is 2.09. The van der Waals surface area contributed by atoms with Crippen molar-refractivity contribution in [1.82, 2.24) is 14.6 Å². The molecule has 8 heteroatoms. The third-order valence-electron chi connectivity index (χ3n) is 4.12. The Labute approximate surface area is 174 Å². The van der Waals surface area contributed by atoms with E-state index < -0.39 is 5.97 Å². The van der Waals surface area contributed by atoms with Gasteiger partial charge in [0.25, 0.3) is 5.56 Å². The predicted octanol–water partition coefficient (Wildman–Crippen LogP) is 3.31. The van der Waals surface area contributed by atoms with Crippen molar-refractivity contribution in [1.29, 1.82) is 0 Å². The van der Waals surface area contributed by atoms with E-state index in [2.05, 4.69) is 14.8 Å². The number of rotatable bonds is 4. The quantitative estimate of drug-likeness (QED) is 0.471. The van der Waals surface area contributed by atoms with E-state index in [0.717, 1.165) is 11.1 Å². The predicted molar refractivity (Wildman–Crippen MR) is 114 cm³/mol. The number of methoxy groups -OCH3 is 1. The van der Waals surface area contributed by atoms with E-state index in [1.807, 2.05) is 18.2 Å². The van der Waals surface area contributed by atoms with Crippen molar-refractivity contribution in [3.8, 4) is 0 Å². The minimum Gasteiger partial charge on any atom is -0.465 e. The highest BCUT2D eigenvalue weighted by Crippen LogP contribution is 2.12. The first-order chi connectivity index (χ1) is 14.0. The van der Waals surface area contributed by atoms with Gasteiger partial charge in [-0.25, -0.2) is 4.79 Å². The maximum absolute atomic E-state index is 12.6. The molecule has 0 radical (unpaired) electrons. The maximum atomic E-state index is 12.6. The summed E-state index contributed by atoms with van der Waals surface area (Å²) in [5.74, 6) is 0.0522. The lowest BCUT2D eigenvalue weighted by Gasteiger charge is -1.98. The van der Waals surface area contributed by atoms with Crippen molar-refractivity contribution in [2.24, 2.45) is 0 Å². The number of thiazole rings is 1. The van der Waals surface area contributed by atoms with Crippen LogP contribution in [-0.2, 0) is 4.74 Å². The van der Waals surface area contributed by atoms with Gasteiger partial charge in [-0.2, -0.15) is 9.50 Å². The fourth-order valence-corrected chi connectivity index (χ4v) is 3.69. The molecule has 4 rings (SSSR count). The average molecular weight is 424 g/mol. The second-order valence-electron chi connectivity index (χ2n) is 6.08. The zero-order valence-corrected chi connectivity index (χ0v) is 16.8. The fourth-order valence-electron chi connectivity index (χ4n) is 2.65. The largest absolute Gasteiger partial charge is 0.465 e. The Bertz CT molecular complexity index is 1320. The van der Waals surface area contributed by atoms with E-state index in [9.17, 15) is 9.59 Å². The number of esters is 1. The minimum absolute atomic E-state index is 0.235. The summed E-state index contributed by atoms with van der Waals surface area (Å²) >= 11 is 7.13. The van der Waals surface area contributed by atoms with Crippen LogP contribution in [0.3, 0.4) is 0 Å². The molecule has 0 amide bonds. The first-order valence-corrected chi connectivity index (χ1v) is 9.76. The molecule has 29 heavy (non-hydrogen) atoms. The molecule has 0 aliphatic rings. The number of benzene rings is 2. The van der Waals surface area contributed by atoms with E-state index >= 15 is 0 Å². The maximum Gasteiger partial charge on any atom is 0.337 e. The Hall–Kier alpha value is -3.29. The van der Waals surface area contributed by atoms with Crippen molar-refractivity contribution in [2.75, 3.05) is 7.11 Å². The summed E-state index contributed by atoms with van der Waals surface area (Å²) < 4.78 is 6.48.